The predicted molar refractivity (Wildman–Crippen MR) is 98.3 cm³/mol. The van der Waals surface area contributed by atoms with Crippen LogP contribution in [0.3, 0.4) is 0 Å². The number of nitrogens with two attached hydrogens (primary N) is 1. The smallest absolute Gasteiger partial charge is 0.213 e. The Morgan fingerprint density at radius 3 is 2.92 bits per heavy atom. The molecule has 2 heterocycles. The minimum Gasteiger partial charge on any atom is -0.497 e. The third kappa shape index (κ3) is 2.47. The van der Waals surface area contributed by atoms with Crippen molar-refractivity contribution < 1.29 is 4.74 Å². The van der Waals surface area contributed by atoms with Crippen molar-refractivity contribution in [1.29, 1.82) is 0 Å². The lowest BCUT2D eigenvalue weighted by Gasteiger charge is -2.06. The fraction of sp³-hybridized carbons (Fsp3) is 0.176. The van der Waals surface area contributed by atoms with Crippen LogP contribution in [-0.2, 0) is 0 Å². The largest absolute Gasteiger partial charge is 0.497 e. The van der Waals surface area contributed by atoms with E-state index in [4.69, 9.17) is 20.6 Å². The van der Waals surface area contributed by atoms with E-state index in [9.17, 15) is 0 Å². The van der Waals surface area contributed by atoms with E-state index in [1.54, 1.807) is 18.4 Å². The van der Waals surface area contributed by atoms with Crippen molar-refractivity contribution in [3.05, 3.63) is 42.5 Å². The number of methoxy groups -OCH3 is 1. The first-order valence-corrected chi connectivity index (χ1v) is 8.48. The van der Waals surface area contributed by atoms with Crippen molar-refractivity contribution in [2.45, 2.75) is 0 Å². The molecule has 0 saturated carbocycles. The molecule has 0 spiro atoms. The number of nitrogens with zero attached hydrogens (tertiary/aromatic N) is 3. The SMILES string of the molecule is COc1ccc2nc(-n3nc4ccccc4c3NCCN)sc2c1. The quantitative estimate of drug-likeness (QED) is 0.584. The van der Waals surface area contributed by atoms with Gasteiger partial charge in [0, 0.05) is 18.5 Å². The molecule has 4 aromatic rings. The molecule has 0 aliphatic heterocycles. The molecule has 0 unspecified atom stereocenters. The minimum absolute atomic E-state index is 0.552. The Balaban J connectivity index is 1.88. The van der Waals surface area contributed by atoms with Gasteiger partial charge < -0.3 is 15.8 Å². The zero-order valence-electron chi connectivity index (χ0n) is 13.2. The zero-order chi connectivity index (χ0) is 16.5. The molecule has 0 amide bonds. The summed E-state index contributed by atoms with van der Waals surface area (Å²) in [5.74, 6) is 1.74. The molecule has 0 saturated heterocycles. The summed E-state index contributed by atoms with van der Waals surface area (Å²) in [6, 6.07) is 13.9. The molecule has 0 radical (unpaired) electrons. The van der Waals surface area contributed by atoms with Crippen LogP contribution in [0.25, 0.3) is 26.3 Å². The third-order valence-corrected chi connectivity index (χ3v) is 4.77. The molecule has 0 aliphatic rings. The summed E-state index contributed by atoms with van der Waals surface area (Å²) in [7, 11) is 1.66. The van der Waals surface area contributed by atoms with Crippen molar-refractivity contribution in [2.24, 2.45) is 5.73 Å². The first-order chi connectivity index (χ1) is 11.8. The van der Waals surface area contributed by atoms with Gasteiger partial charge in [0.05, 0.1) is 22.8 Å². The number of nitrogens with one attached hydrogen (secondary N) is 1. The number of thiazole rings is 1. The minimum atomic E-state index is 0.552. The standard InChI is InChI=1S/C17H17N5OS/c1-23-11-6-7-14-15(10-11)24-17(20-14)22-16(19-9-8-18)12-4-2-3-5-13(12)21-22/h2-7,10,19H,8-9,18H2,1H3. The van der Waals surface area contributed by atoms with Crippen LogP contribution < -0.4 is 15.8 Å². The highest BCUT2D eigenvalue weighted by molar-refractivity contribution is 7.20. The number of aromatic nitrogens is 3. The van der Waals surface area contributed by atoms with Gasteiger partial charge in [-0.25, -0.2) is 4.98 Å². The Morgan fingerprint density at radius 2 is 2.08 bits per heavy atom. The molecule has 122 valence electrons. The molecule has 0 bridgehead atoms. The van der Waals surface area contributed by atoms with Crippen LogP contribution in [0.4, 0.5) is 5.82 Å². The predicted octanol–water partition coefficient (Wildman–Crippen LogP) is 3.01. The highest BCUT2D eigenvalue weighted by Gasteiger charge is 2.15. The molecular weight excluding hydrogens is 322 g/mol. The van der Waals surface area contributed by atoms with Gasteiger partial charge in [0.15, 0.2) is 0 Å². The fourth-order valence-corrected chi connectivity index (χ4v) is 3.59. The van der Waals surface area contributed by atoms with Crippen LogP contribution in [0.1, 0.15) is 0 Å². The first kappa shape index (κ1) is 14.9. The number of hydrogen-bond donors (Lipinski definition) is 2. The van der Waals surface area contributed by atoms with Crippen LogP contribution in [-0.4, -0.2) is 35.0 Å². The fourth-order valence-electron chi connectivity index (χ4n) is 2.64. The molecule has 2 aromatic carbocycles. The summed E-state index contributed by atoms with van der Waals surface area (Å²) in [6.07, 6.45) is 0. The lowest BCUT2D eigenvalue weighted by molar-refractivity contribution is 0.415. The van der Waals surface area contributed by atoms with Crippen LogP contribution in [0.15, 0.2) is 42.5 Å². The van der Waals surface area contributed by atoms with E-state index in [1.807, 2.05) is 47.1 Å². The van der Waals surface area contributed by atoms with Gasteiger partial charge >= 0.3 is 0 Å². The molecule has 0 atom stereocenters. The van der Waals surface area contributed by atoms with E-state index >= 15 is 0 Å². The van der Waals surface area contributed by atoms with Gasteiger partial charge in [0.25, 0.3) is 0 Å². The average Bonchev–Trinajstić information content (AvgIpc) is 3.20. The summed E-state index contributed by atoms with van der Waals surface area (Å²) in [5.41, 5.74) is 7.51. The summed E-state index contributed by atoms with van der Waals surface area (Å²) in [5, 5.41) is 9.94. The van der Waals surface area contributed by atoms with Crippen molar-refractivity contribution in [1.82, 2.24) is 14.8 Å². The van der Waals surface area contributed by atoms with Gasteiger partial charge in [-0.3, -0.25) is 0 Å². The highest BCUT2D eigenvalue weighted by atomic mass is 32.1. The van der Waals surface area contributed by atoms with E-state index in [0.29, 0.717) is 13.1 Å². The van der Waals surface area contributed by atoms with Gasteiger partial charge in [0.1, 0.15) is 11.6 Å². The van der Waals surface area contributed by atoms with Crippen molar-refractivity contribution in [3.8, 4) is 10.9 Å². The molecular formula is C17H17N5OS. The zero-order valence-corrected chi connectivity index (χ0v) is 14.0. The van der Waals surface area contributed by atoms with Crippen LogP contribution in [0, 0.1) is 0 Å². The van der Waals surface area contributed by atoms with E-state index in [2.05, 4.69) is 5.32 Å². The van der Waals surface area contributed by atoms with Crippen LogP contribution >= 0.6 is 11.3 Å². The first-order valence-electron chi connectivity index (χ1n) is 7.67. The number of fused-ring (bicyclic) bond motifs is 2. The third-order valence-electron chi connectivity index (χ3n) is 3.78. The molecule has 3 N–H and O–H groups in total. The monoisotopic (exact) mass is 339 g/mol. The molecule has 6 nitrogen and oxygen atoms in total. The summed E-state index contributed by atoms with van der Waals surface area (Å²) in [6.45, 7) is 1.23. The van der Waals surface area contributed by atoms with Crippen molar-refractivity contribution in [2.75, 3.05) is 25.5 Å². The Morgan fingerprint density at radius 1 is 1.21 bits per heavy atom. The highest BCUT2D eigenvalue weighted by Crippen LogP contribution is 2.32. The molecule has 4 rings (SSSR count). The molecule has 0 fully saturated rings. The van der Waals surface area contributed by atoms with Gasteiger partial charge in [-0.1, -0.05) is 23.5 Å². The Bertz CT molecular complexity index is 1010. The second-order valence-electron chi connectivity index (χ2n) is 5.32. The van der Waals surface area contributed by atoms with Gasteiger partial charge in [-0.05, 0) is 30.3 Å². The number of benzene rings is 2. The van der Waals surface area contributed by atoms with E-state index in [-0.39, 0.29) is 0 Å². The number of ether oxygens (including phenoxy) is 1. The normalized spacial score (nSPS) is 11.2. The Kier molecular flexibility index (Phi) is 3.79. The van der Waals surface area contributed by atoms with Crippen molar-refractivity contribution >= 4 is 38.3 Å². The maximum atomic E-state index is 5.65. The van der Waals surface area contributed by atoms with Gasteiger partial charge in [0.2, 0.25) is 5.13 Å². The summed E-state index contributed by atoms with van der Waals surface area (Å²) in [4.78, 5) is 4.71. The Labute approximate surface area is 142 Å². The number of anilines is 1. The number of rotatable bonds is 5. The molecule has 24 heavy (non-hydrogen) atoms. The number of hydrogen-bond acceptors (Lipinski definition) is 6. The van der Waals surface area contributed by atoms with E-state index < -0.39 is 0 Å². The van der Waals surface area contributed by atoms with E-state index in [1.165, 1.54) is 0 Å². The van der Waals surface area contributed by atoms with Crippen LogP contribution in [0.5, 0.6) is 5.75 Å². The second-order valence-corrected chi connectivity index (χ2v) is 6.33. The maximum absolute atomic E-state index is 5.65. The lowest BCUT2D eigenvalue weighted by Crippen LogP contribution is -2.15. The Hall–Kier alpha value is -2.64. The average molecular weight is 339 g/mol. The molecule has 2 aromatic heterocycles. The second kappa shape index (κ2) is 6.10. The summed E-state index contributed by atoms with van der Waals surface area (Å²) < 4.78 is 8.21. The lowest BCUT2D eigenvalue weighted by atomic mass is 10.2. The maximum Gasteiger partial charge on any atom is 0.213 e. The molecule has 0 aliphatic carbocycles. The van der Waals surface area contributed by atoms with Crippen LogP contribution in [0.2, 0.25) is 0 Å². The van der Waals surface area contributed by atoms with Gasteiger partial charge in [-0.15, -0.1) is 0 Å². The van der Waals surface area contributed by atoms with Gasteiger partial charge in [-0.2, -0.15) is 9.78 Å². The van der Waals surface area contributed by atoms with E-state index in [0.717, 1.165) is 37.8 Å². The molecule has 7 heteroatoms. The topological polar surface area (TPSA) is 78.0 Å². The van der Waals surface area contributed by atoms with Crippen molar-refractivity contribution in [3.63, 3.8) is 0 Å². The summed E-state index contributed by atoms with van der Waals surface area (Å²) >= 11 is 1.58.